The molecule has 0 radical (unpaired) electrons. The fraction of sp³-hybridized carbons (Fsp3) is 0.364. The lowest BCUT2D eigenvalue weighted by Crippen LogP contribution is -2.53. The number of amides is 2. The molecule has 0 saturated carbocycles. The van der Waals surface area contributed by atoms with E-state index in [0.717, 1.165) is 21.5 Å². The van der Waals surface area contributed by atoms with E-state index in [-0.39, 0.29) is 32.1 Å². The highest BCUT2D eigenvalue weighted by molar-refractivity contribution is 6.05. The van der Waals surface area contributed by atoms with E-state index in [0.29, 0.717) is 16.9 Å². The van der Waals surface area contributed by atoms with Gasteiger partial charge in [-0.25, -0.2) is 4.98 Å². The van der Waals surface area contributed by atoms with E-state index in [2.05, 4.69) is 15.4 Å². The third-order valence-corrected chi connectivity index (χ3v) is 5.97. The molecule has 1 fully saturated rings. The third kappa shape index (κ3) is 4.04. The van der Waals surface area contributed by atoms with E-state index < -0.39 is 24.7 Å². The van der Waals surface area contributed by atoms with Gasteiger partial charge in [0.2, 0.25) is 5.91 Å². The van der Waals surface area contributed by atoms with Gasteiger partial charge in [-0.2, -0.15) is 18.3 Å². The van der Waals surface area contributed by atoms with Crippen molar-refractivity contribution in [2.24, 2.45) is 7.05 Å². The Morgan fingerprint density at radius 2 is 2.12 bits per heavy atom. The van der Waals surface area contributed by atoms with Crippen LogP contribution in [-0.2, 0) is 23.1 Å². The Balaban J connectivity index is 1.31. The average molecular weight is 474 g/mol. The second kappa shape index (κ2) is 8.28. The summed E-state index contributed by atoms with van der Waals surface area (Å²) < 4.78 is 45.4. The van der Waals surface area contributed by atoms with Gasteiger partial charge in [-0.15, -0.1) is 0 Å². The fourth-order valence-corrected chi connectivity index (χ4v) is 4.26. The number of carbonyl (C=O) groups is 2. The van der Waals surface area contributed by atoms with Gasteiger partial charge < -0.3 is 19.9 Å². The van der Waals surface area contributed by atoms with Crippen molar-refractivity contribution in [1.82, 2.24) is 24.6 Å². The topological polar surface area (TPSA) is 92.6 Å². The maximum Gasteiger partial charge on any atom is 0.416 e. The molecule has 0 spiro atoms. The monoisotopic (exact) mass is 474 g/mol. The molecule has 1 aromatic carbocycles. The van der Waals surface area contributed by atoms with Gasteiger partial charge in [-0.05, 0) is 17.7 Å². The average Bonchev–Trinajstić information content (AvgIpc) is 3.33. The van der Waals surface area contributed by atoms with Crippen molar-refractivity contribution in [3.05, 3.63) is 47.8 Å². The first-order chi connectivity index (χ1) is 16.2. The number of aromatic nitrogens is 3. The summed E-state index contributed by atoms with van der Waals surface area (Å²) in [7, 11) is 1.79. The molecule has 4 heterocycles. The number of rotatable bonds is 4. The van der Waals surface area contributed by atoms with Crippen molar-refractivity contribution in [3.63, 3.8) is 0 Å². The fourth-order valence-electron chi connectivity index (χ4n) is 4.26. The minimum Gasteiger partial charge on any atom is -0.365 e. The molecule has 2 aliphatic rings. The number of benzene rings is 1. The molecule has 9 nitrogen and oxygen atoms in total. The number of fused-ring (bicyclic) bond motifs is 2. The Kier molecular flexibility index (Phi) is 5.39. The summed E-state index contributed by atoms with van der Waals surface area (Å²) in [4.78, 5) is 32.7. The maximum absolute atomic E-state index is 13.1. The smallest absolute Gasteiger partial charge is 0.365 e. The molecule has 5 rings (SSSR count). The minimum absolute atomic E-state index is 0.0526. The van der Waals surface area contributed by atoms with E-state index in [9.17, 15) is 22.8 Å². The molecule has 2 aliphatic heterocycles. The van der Waals surface area contributed by atoms with Gasteiger partial charge in [0.05, 0.1) is 42.5 Å². The van der Waals surface area contributed by atoms with Crippen LogP contribution in [0.25, 0.3) is 11.0 Å². The molecule has 2 amide bonds. The number of halogens is 3. The molecular formula is C22H21F3N6O3. The number of ether oxygens (including phenoxy) is 1. The molecule has 2 aromatic heterocycles. The maximum atomic E-state index is 13.1. The Hall–Kier alpha value is -3.67. The Labute approximate surface area is 192 Å². The predicted molar refractivity (Wildman–Crippen MR) is 115 cm³/mol. The van der Waals surface area contributed by atoms with Crippen LogP contribution in [0.4, 0.5) is 24.5 Å². The Morgan fingerprint density at radius 1 is 1.29 bits per heavy atom. The molecule has 12 heteroatoms. The second-order valence-electron chi connectivity index (χ2n) is 8.27. The number of aryl methyl sites for hydroxylation is 1. The Morgan fingerprint density at radius 3 is 2.91 bits per heavy atom. The first-order valence-corrected chi connectivity index (χ1v) is 10.6. The van der Waals surface area contributed by atoms with E-state index >= 15 is 0 Å². The molecule has 0 unspecified atom stereocenters. The van der Waals surface area contributed by atoms with Crippen molar-refractivity contribution < 1.29 is 27.5 Å². The van der Waals surface area contributed by atoms with Crippen LogP contribution in [0.15, 0.2) is 36.7 Å². The number of hydrogen-bond acceptors (Lipinski definition) is 6. The molecule has 1 saturated heterocycles. The number of nitrogens with zero attached hydrogens (tertiary/aromatic N) is 5. The minimum atomic E-state index is -4.55. The van der Waals surface area contributed by atoms with E-state index in [1.807, 2.05) is 6.07 Å². The normalized spacial score (nSPS) is 18.5. The van der Waals surface area contributed by atoms with Crippen molar-refractivity contribution in [1.29, 1.82) is 0 Å². The van der Waals surface area contributed by atoms with Gasteiger partial charge in [0, 0.05) is 25.5 Å². The molecule has 178 valence electrons. The quantitative estimate of drug-likeness (QED) is 0.625. The molecular weight excluding hydrogens is 453 g/mol. The first kappa shape index (κ1) is 22.1. The predicted octanol–water partition coefficient (Wildman–Crippen LogP) is 2.46. The van der Waals surface area contributed by atoms with Gasteiger partial charge in [0.25, 0.3) is 5.91 Å². The summed E-state index contributed by atoms with van der Waals surface area (Å²) in [6.07, 6.45) is -3.23. The number of carbonyl (C=O) groups excluding carboxylic acids is 2. The zero-order valence-corrected chi connectivity index (χ0v) is 18.2. The number of morpholine rings is 1. The lowest BCUT2D eigenvalue weighted by Gasteiger charge is -2.34. The summed E-state index contributed by atoms with van der Waals surface area (Å²) in [5, 5.41) is 8.21. The number of hydrogen-bond donors (Lipinski definition) is 1. The SMILES string of the molecule is Cn1ncc2cc(Nc3cccc4c3C(=O)N(CC(=O)N3CCO[C@H](C(F)(F)F)C3)C4)cnc21. The van der Waals surface area contributed by atoms with E-state index in [1.54, 1.807) is 42.3 Å². The zero-order valence-electron chi connectivity index (χ0n) is 18.2. The molecule has 3 aromatic rings. The number of anilines is 2. The van der Waals surface area contributed by atoms with Crippen LogP contribution in [0.1, 0.15) is 15.9 Å². The number of alkyl halides is 3. The molecule has 1 N–H and O–H groups in total. The van der Waals surface area contributed by atoms with Gasteiger partial charge in [-0.1, -0.05) is 12.1 Å². The highest BCUT2D eigenvalue weighted by atomic mass is 19.4. The molecule has 0 bridgehead atoms. The number of pyridine rings is 1. The zero-order chi connectivity index (χ0) is 24.0. The third-order valence-electron chi connectivity index (χ3n) is 5.97. The van der Waals surface area contributed by atoms with Crippen molar-refractivity contribution in [3.8, 4) is 0 Å². The van der Waals surface area contributed by atoms with Gasteiger partial charge in [-0.3, -0.25) is 14.3 Å². The van der Waals surface area contributed by atoms with Gasteiger partial charge >= 0.3 is 6.18 Å². The van der Waals surface area contributed by atoms with Crippen LogP contribution in [0.5, 0.6) is 0 Å². The molecule has 34 heavy (non-hydrogen) atoms. The summed E-state index contributed by atoms with van der Waals surface area (Å²) in [5.41, 5.74) is 3.11. The lowest BCUT2D eigenvalue weighted by atomic mass is 10.1. The van der Waals surface area contributed by atoms with Crippen molar-refractivity contribution in [2.75, 3.05) is 31.6 Å². The summed E-state index contributed by atoms with van der Waals surface area (Å²) >= 11 is 0. The highest BCUT2D eigenvalue weighted by Crippen LogP contribution is 2.32. The molecule has 1 atom stereocenters. The van der Waals surface area contributed by atoms with E-state index in [4.69, 9.17) is 4.74 Å². The van der Waals surface area contributed by atoms with Gasteiger partial charge in [0.15, 0.2) is 11.8 Å². The highest BCUT2D eigenvalue weighted by Gasteiger charge is 2.44. The standard InChI is InChI=1S/C22H21F3N6O3/c1-29-20-14(8-27-29)7-15(9-26-20)28-16-4-2-3-13-10-31(21(33)19(13)16)12-18(32)30-5-6-34-17(11-30)22(23,24)25/h2-4,7-9,17,28H,5-6,10-12H2,1H3/t17-/m0/s1. The Bertz CT molecular complexity index is 1270. The van der Waals surface area contributed by atoms with Crippen molar-refractivity contribution >= 4 is 34.2 Å². The summed E-state index contributed by atoms with van der Waals surface area (Å²) in [5.74, 6) is -0.901. The van der Waals surface area contributed by atoms with Crippen LogP contribution in [0, 0.1) is 0 Å². The second-order valence-corrected chi connectivity index (χ2v) is 8.27. The van der Waals surface area contributed by atoms with Gasteiger partial charge in [0.1, 0.15) is 6.54 Å². The largest absolute Gasteiger partial charge is 0.416 e. The summed E-state index contributed by atoms with van der Waals surface area (Å²) in [6, 6.07) is 7.21. The van der Waals surface area contributed by atoms with Crippen LogP contribution >= 0.6 is 0 Å². The van der Waals surface area contributed by atoms with Crippen molar-refractivity contribution in [2.45, 2.75) is 18.8 Å². The lowest BCUT2D eigenvalue weighted by molar-refractivity contribution is -0.236. The number of nitrogens with one attached hydrogen (secondary N) is 1. The van der Waals surface area contributed by atoms with Crippen LogP contribution in [-0.4, -0.2) is 74.9 Å². The molecule has 0 aliphatic carbocycles. The summed E-state index contributed by atoms with van der Waals surface area (Å²) in [6.45, 7) is -0.832. The van der Waals surface area contributed by atoms with Crippen LogP contribution in [0.3, 0.4) is 0 Å². The van der Waals surface area contributed by atoms with E-state index in [1.165, 1.54) is 4.90 Å². The van der Waals surface area contributed by atoms with Crippen LogP contribution < -0.4 is 5.32 Å². The van der Waals surface area contributed by atoms with Crippen LogP contribution in [0.2, 0.25) is 0 Å². The first-order valence-electron chi connectivity index (χ1n) is 10.6.